The van der Waals surface area contributed by atoms with Crippen LogP contribution in [0.25, 0.3) is 0 Å². The van der Waals surface area contributed by atoms with Crippen LogP contribution in [0.1, 0.15) is 17.3 Å². The maximum absolute atomic E-state index is 12.3. The zero-order chi connectivity index (χ0) is 15.9. The second kappa shape index (κ2) is 5.88. The fourth-order valence-corrected chi connectivity index (χ4v) is 3.16. The van der Waals surface area contributed by atoms with E-state index in [1.165, 1.54) is 0 Å². The summed E-state index contributed by atoms with van der Waals surface area (Å²) < 4.78 is 0. The molecule has 1 aromatic carbocycles. The summed E-state index contributed by atoms with van der Waals surface area (Å²) in [7, 11) is 3.64. The Bertz CT molecular complexity index is 735. The van der Waals surface area contributed by atoms with Crippen molar-refractivity contribution in [3.63, 3.8) is 0 Å². The van der Waals surface area contributed by atoms with Crippen molar-refractivity contribution in [3.05, 3.63) is 57.8 Å². The van der Waals surface area contributed by atoms with E-state index < -0.39 is 0 Å². The average Bonchev–Trinajstić information content (AvgIpc) is 2.56. The van der Waals surface area contributed by atoms with Crippen molar-refractivity contribution in [3.8, 4) is 0 Å². The van der Waals surface area contributed by atoms with Crippen molar-refractivity contribution in [1.29, 1.82) is 0 Å². The van der Waals surface area contributed by atoms with E-state index in [-0.39, 0.29) is 18.5 Å². The first-order valence-corrected chi connectivity index (χ1v) is 7.62. The molecule has 22 heavy (non-hydrogen) atoms. The fourth-order valence-electron chi connectivity index (χ4n) is 2.76. The molecule has 0 radical (unpaired) electrons. The number of carbonyl (C=O) groups is 1. The molecule has 0 fully saturated rings. The van der Waals surface area contributed by atoms with Gasteiger partial charge in [-0.2, -0.15) is 0 Å². The predicted molar refractivity (Wildman–Crippen MR) is 88.6 cm³/mol. The van der Waals surface area contributed by atoms with Crippen molar-refractivity contribution in [2.45, 2.75) is 6.04 Å². The summed E-state index contributed by atoms with van der Waals surface area (Å²) in [6, 6.07) is 10.9. The molecule has 0 saturated heterocycles. The summed E-state index contributed by atoms with van der Waals surface area (Å²) in [5.74, 6) is 0.00225. The molecule has 0 spiro atoms. The number of halogens is 2. The number of aromatic nitrogens is 1. The smallest absolute Gasteiger partial charge is 0.240 e. The minimum atomic E-state index is -0.226. The molecule has 1 amide bonds. The van der Waals surface area contributed by atoms with Crippen LogP contribution in [-0.2, 0) is 4.79 Å². The second-order valence-corrected chi connectivity index (χ2v) is 6.12. The lowest BCUT2D eigenvalue weighted by Crippen LogP contribution is -2.34. The number of likely N-dealkylation sites (N-methyl/N-ethyl adjacent to an activating group) is 2. The van der Waals surface area contributed by atoms with Gasteiger partial charge in [0, 0.05) is 12.1 Å². The third kappa shape index (κ3) is 2.58. The highest BCUT2D eigenvalue weighted by molar-refractivity contribution is 6.31. The maximum Gasteiger partial charge on any atom is 0.240 e. The van der Waals surface area contributed by atoms with Gasteiger partial charge in [-0.25, -0.2) is 4.98 Å². The highest BCUT2D eigenvalue weighted by atomic mass is 35.5. The zero-order valence-electron chi connectivity index (χ0n) is 12.3. The molecule has 2 heterocycles. The summed E-state index contributed by atoms with van der Waals surface area (Å²) in [5.41, 5.74) is 2.39. The molecule has 1 atom stereocenters. The lowest BCUT2D eigenvalue weighted by Gasteiger charge is -2.26. The van der Waals surface area contributed by atoms with Crippen LogP contribution < -0.4 is 4.90 Å². The molecule has 6 heteroatoms. The monoisotopic (exact) mass is 335 g/mol. The number of pyridine rings is 1. The molecule has 2 aromatic rings. The molecule has 4 nitrogen and oxygen atoms in total. The van der Waals surface area contributed by atoms with Gasteiger partial charge in [-0.3, -0.25) is 9.69 Å². The fraction of sp³-hybridized carbons (Fsp3) is 0.250. The Morgan fingerprint density at radius 1 is 1.14 bits per heavy atom. The minimum absolute atomic E-state index is 0.00225. The topological polar surface area (TPSA) is 36.4 Å². The standard InChI is InChI=1S/C16H15Cl2N3O/c1-20-9-14(22)21(2)12-7-8-13(18)19-15(12)16(20)10-5-3-4-6-11(10)17/h3-8,16H,9H2,1-2H3. The van der Waals surface area contributed by atoms with Gasteiger partial charge in [0.05, 0.1) is 24.0 Å². The first kappa shape index (κ1) is 15.3. The van der Waals surface area contributed by atoms with Gasteiger partial charge >= 0.3 is 0 Å². The summed E-state index contributed by atoms with van der Waals surface area (Å²) in [5, 5.41) is 1.04. The molecule has 0 bridgehead atoms. The molecular formula is C16H15Cl2N3O. The average molecular weight is 336 g/mol. The largest absolute Gasteiger partial charge is 0.313 e. The van der Waals surface area contributed by atoms with Gasteiger partial charge in [0.15, 0.2) is 0 Å². The van der Waals surface area contributed by atoms with Crippen LogP contribution in [0.15, 0.2) is 36.4 Å². The Hall–Kier alpha value is -1.62. The molecule has 0 aliphatic carbocycles. The van der Waals surface area contributed by atoms with E-state index in [1.807, 2.05) is 42.3 Å². The highest BCUT2D eigenvalue weighted by Gasteiger charge is 2.33. The van der Waals surface area contributed by atoms with E-state index in [0.717, 1.165) is 16.9 Å². The zero-order valence-corrected chi connectivity index (χ0v) is 13.8. The molecule has 1 unspecified atom stereocenters. The number of anilines is 1. The molecule has 0 saturated carbocycles. The van der Waals surface area contributed by atoms with Crippen molar-refractivity contribution in [2.24, 2.45) is 0 Å². The predicted octanol–water partition coefficient (Wildman–Crippen LogP) is 3.39. The maximum atomic E-state index is 12.3. The Morgan fingerprint density at radius 2 is 1.86 bits per heavy atom. The van der Waals surface area contributed by atoms with Crippen LogP contribution in [0.4, 0.5) is 5.69 Å². The Kier molecular flexibility index (Phi) is 4.08. The molecule has 1 aliphatic heterocycles. The third-order valence-corrected chi connectivity index (χ3v) is 4.44. The van der Waals surface area contributed by atoms with Gasteiger partial charge < -0.3 is 4.90 Å². The summed E-state index contributed by atoms with van der Waals surface area (Å²) in [6.07, 6.45) is 0. The van der Waals surface area contributed by atoms with Gasteiger partial charge in [-0.15, -0.1) is 0 Å². The van der Waals surface area contributed by atoms with E-state index in [9.17, 15) is 4.79 Å². The van der Waals surface area contributed by atoms with Crippen LogP contribution in [0, 0.1) is 0 Å². The normalized spacial score (nSPS) is 19.0. The van der Waals surface area contributed by atoms with E-state index >= 15 is 0 Å². The summed E-state index contributed by atoms with van der Waals surface area (Å²) >= 11 is 12.5. The van der Waals surface area contributed by atoms with Crippen LogP contribution in [-0.4, -0.2) is 36.4 Å². The number of carbonyl (C=O) groups excluding carboxylic acids is 1. The van der Waals surface area contributed by atoms with Gasteiger partial charge in [0.2, 0.25) is 5.91 Å². The lowest BCUT2D eigenvalue weighted by molar-refractivity contribution is -0.119. The van der Waals surface area contributed by atoms with E-state index in [1.54, 1.807) is 18.0 Å². The molecule has 114 valence electrons. The van der Waals surface area contributed by atoms with Gasteiger partial charge in [-0.05, 0) is 30.8 Å². The van der Waals surface area contributed by atoms with E-state index in [0.29, 0.717) is 10.2 Å². The number of fused-ring (bicyclic) bond motifs is 1. The lowest BCUT2D eigenvalue weighted by atomic mass is 10.0. The molecular weight excluding hydrogens is 321 g/mol. The number of amides is 1. The highest BCUT2D eigenvalue weighted by Crippen LogP contribution is 2.38. The van der Waals surface area contributed by atoms with Gasteiger partial charge in [0.1, 0.15) is 5.15 Å². The Balaban J connectivity index is 2.25. The Morgan fingerprint density at radius 3 is 2.59 bits per heavy atom. The molecule has 1 aromatic heterocycles. The first-order chi connectivity index (χ1) is 10.5. The van der Waals surface area contributed by atoms with Crippen LogP contribution in [0.5, 0.6) is 0 Å². The molecule has 3 rings (SSSR count). The number of hydrogen-bond donors (Lipinski definition) is 0. The van der Waals surface area contributed by atoms with Crippen LogP contribution >= 0.6 is 23.2 Å². The van der Waals surface area contributed by atoms with Gasteiger partial charge in [0.25, 0.3) is 0 Å². The summed E-state index contributed by atoms with van der Waals surface area (Å²) in [4.78, 5) is 20.4. The van der Waals surface area contributed by atoms with E-state index in [4.69, 9.17) is 23.2 Å². The number of benzene rings is 1. The third-order valence-electron chi connectivity index (χ3n) is 3.89. The minimum Gasteiger partial charge on any atom is -0.313 e. The molecule has 1 aliphatic rings. The van der Waals surface area contributed by atoms with Gasteiger partial charge in [-0.1, -0.05) is 41.4 Å². The SMILES string of the molecule is CN1C(=O)CN(C)C(c2ccccc2Cl)c2nc(Cl)ccc21. The van der Waals surface area contributed by atoms with Crippen molar-refractivity contribution in [1.82, 2.24) is 9.88 Å². The number of nitrogens with zero attached hydrogens (tertiary/aromatic N) is 3. The van der Waals surface area contributed by atoms with Crippen LogP contribution in [0.3, 0.4) is 0 Å². The van der Waals surface area contributed by atoms with Crippen molar-refractivity contribution < 1.29 is 4.79 Å². The first-order valence-electron chi connectivity index (χ1n) is 6.86. The van der Waals surface area contributed by atoms with Crippen molar-refractivity contribution in [2.75, 3.05) is 25.5 Å². The Labute approximate surface area is 139 Å². The quantitative estimate of drug-likeness (QED) is 0.749. The number of rotatable bonds is 1. The second-order valence-electron chi connectivity index (χ2n) is 5.33. The molecule has 0 N–H and O–H groups in total. The van der Waals surface area contributed by atoms with E-state index in [2.05, 4.69) is 4.98 Å². The van der Waals surface area contributed by atoms with Crippen LogP contribution in [0.2, 0.25) is 10.2 Å². The summed E-state index contributed by atoms with van der Waals surface area (Å²) in [6.45, 7) is 0.278. The van der Waals surface area contributed by atoms with Crippen molar-refractivity contribution >= 4 is 34.8 Å². The number of hydrogen-bond acceptors (Lipinski definition) is 3.